The molecular formula is C15H19NO4. The Hall–Kier alpha value is -2.04. The molecule has 108 valence electrons. The number of nitrogens with one attached hydrogen (secondary N) is 1. The van der Waals surface area contributed by atoms with Crippen molar-refractivity contribution < 1.29 is 19.4 Å². The van der Waals surface area contributed by atoms with Crippen molar-refractivity contribution >= 4 is 11.9 Å². The van der Waals surface area contributed by atoms with Crippen LogP contribution in [0.2, 0.25) is 0 Å². The van der Waals surface area contributed by atoms with Gasteiger partial charge in [0.15, 0.2) is 0 Å². The first kappa shape index (κ1) is 14.4. The molecule has 0 unspecified atom stereocenters. The van der Waals surface area contributed by atoms with Crippen molar-refractivity contribution in [1.82, 2.24) is 5.32 Å². The van der Waals surface area contributed by atoms with E-state index in [1.54, 1.807) is 25.3 Å². The minimum absolute atomic E-state index is 0.0199. The molecule has 5 nitrogen and oxygen atoms in total. The van der Waals surface area contributed by atoms with E-state index in [0.717, 1.165) is 24.8 Å². The summed E-state index contributed by atoms with van der Waals surface area (Å²) < 4.78 is 5.11. The Morgan fingerprint density at radius 1 is 1.40 bits per heavy atom. The van der Waals surface area contributed by atoms with Crippen molar-refractivity contribution in [2.24, 2.45) is 0 Å². The van der Waals surface area contributed by atoms with Crippen molar-refractivity contribution in [3.63, 3.8) is 0 Å². The van der Waals surface area contributed by atoms with Crippen LogP contribution in [0.1, 0.15) is 41.6 Å². The summed E-state index contributed by atoms with van der Waals surface area (Å²) in [4.78, 5) is 23.2. The van der Waals surface area contributed by atoms with E-state index >= 15 is 0 Å². The normalized spacial score (nSPS) is 16.1. The number of amides is 1. The van der Waals surface area contributed by atoms with Gasteiger partial charge in [-0.2, -0.15) is 0 Å². The summed E-state index contributed by atoms with van der Waals surface area (Å²) in [6.45, 7) is 1.84. The lowest BCUT2D eigenvalue weighted by atomic mass is 9.74. The number of benzene rings is 1. The van der Waals surface area contributed by atoms with Crippen LogP contribution >= 0.6 is 0 Å². The molecule has 2 rings (SSSR count). The molecule has 1 saturated carbocycles. The van der Waals surface area contributed by atoms with Crippen LogP contribution in [0.4, 0.5) is 0 Å². The van der Waals surface area contributed by atoms with Crippen LogP contribution in [0.25, 0.3) is 0 Å². The van der Waals surface area contributed by atoms with Crippen LogP contribution in [-0.4, -0.2) is 29.6 Å². The van der Waals surface area contributed by atoms with Crippen molar-refractivity contribution in [2.45, 2.75) is 38.1 Å². The molecule has 0 spiro atoms. The molecule has 1 aromatic carbocycles. The molecule has 1 fully saturated rings. The zero-order valence-electron chi connectivity index (χ0n) is 11.7. The molecule has 0 saturated heterocycles. The van der Waals surface area contributed by atoms with Gasteiger partial charge in [-0.15, -0.1) is 0 Å². The molecule has 1 aromatic rings. The number of hydrogen-bond acceptors (Lipinski definition) is 3. The van der Waals surface area contributed by atoms with Gasteiger partial charge in [0.05, 0.1) is 19.1 Å². The van der Waals surface area contributed by atoms with E-state index in [1.807, 2.05) is 6.92 Å². The summed E-state index contributed by atoms with van der Waals surface area (Å²) in [6.07, 6.45) is 2.38. The van der Waals surface area contributed by atoms with E-state index in [-0.39, 0.29) is 12.3 Å². The minimum atomic E-state index is -0.878. The Balaban J connectivity index is 2.13. The van der Waals surface area contributed by atoms with E-state index in [2.05, 4.69) is 5.32 Å². The monoisotopic (exact) mass is 277 g/mol. The van der Waals surface area contributed by atoms with Gasteiger partial charge in [-0.3, -0.25) is 9.59 Å². The molecule has 0 aliphatic heterocycles. The largest absolute Gasteiger partial charge is 0.497 e. The Kier molecular flexibility index (Phi) is 3.97. The van der Waals surface area contributed by atoms with Crippen LogP contribution in [0.15, 0.2) is 18.2 Å². The summed E-state index contributed by atoms with van der Waals surface area (Å²) in [5, 5.41) is 11.8. The Bertz CT molecular complexity index is 535. The molecule has 0 aromatic heterocycles. The van der Waals surface area contributed by atoms with E-state index < -0.39 is 11.5 Å². The highest BCUT2D eigenvalue weighted by atomic mass is 16.5. The standard InChI is InChI=1S/C15H19NO4/c1-10-8-11(20-2)4-5-12(10)14(19)16-15(6-3-7-15)9-13(17)18/h4-5,8H,3,6-7,9H2,1-2H3,(H,16,19)(H,17,18). The summed E-state index contributed by atoms with van der Waals surface area (Å²) in [6, 6.07) is 5.22. The summed E-state index contributed by atoms with van der Waals surface area (Å²) in [5.74, 6) is -0.398. The highest BCUT2D eigenvalue weighted by Crippen LogP contribution is 2.35. The minimum Gasteiger partial charge on any atom is -0.497 e. The van der Waals surface area contributed by atoms with Crippen LogP contribution in [0.3, 0.4) is 0 Å². The molecule has 0 atom stereocenters. The van der Waals surface area contributed by atoms with Gasteiger partial charge in [0.2, 0.25) is 0 Å². The lowest BCUT2D eigenvalue weighted by Gasteiger charge is -2.41. The first-order valence-electron chi connectivity index (χ1n) is 6.65. The number of rotatable bonds is 5. The predicted octanol–water partition coefficient (Wildman–Crippen LogP) is 2.13. The summed E-state index contributed by atoms with van der Waals surface area (Å²) >= 11 is 0. The van der Waals surface area contributed by atoms with Gasteiger partial charge in [-0.05, 0) is 49.9 Å². The van der Waals surface area contributed by atoms with Gasteiger partial charge in [0.1, 0.15) is 5.75 Å². The third kappa shape index (κ3) is 2.92. The molecule has 5 heteroatoms. The number of aliphatic carboxylic acids is 1. The fourth-order valence-electron chi connectivity index (χ4n) is 2.57. The molecule has 1 aliphatic carbocycles. The maximum absolute atomic E-state index is 12.3. The molecule has 0 radical (unpaired) electrons. The quantitative estimate of drug-likeness (QED) is 0.864. The van der Waals surface area contributed by atoms with Crippen LogP contribution < -0.4 is 10.1 Å². The average molecular weight is 277 g/mol. The second kappa shape index (κ2) is 5.53. The van der Waals surface area contributed by atoms with Gasteiger partial charge < -0.3 is 15.2 Å². The summed E-state index contributed by atoms with van der Waals surface area (Å²) in [7, 11) is 1.57. The second-order valence-corrected chi connectivity index (χ2v) is 5.34. The first-order valence-corrected chi connectivity index (χ1v) is 6.65. The van der Waals surface area contributed by atoms with E-state index in [0.29, 0.717) is 11.3 Å². The van der Waals surface area contributed by atoms with E-state index in [1.165, 1.54) is 0 Å². The van der Waals surface area contributed by atoms with Crippen molar-refractivity contribution in [2.75, 3.05) is 7.11 Å². The zero-order chi connectivity index (χ0) is 14.8. The number of hydrogen-bond donors (Lipinski definition) is 2. The topological polar surface area (TPSA) is 75.6 Å². The fraction of sp³-hybridized carbons (Fsp3) is 0.467. The number of aryl methyl sites for hydroxylation is 1. The SMILES string of the molecule is COc1ccc(C(=O)NC2(CC(=O)O)CCC2)c(C)c1. The highest BCUT2D eigenvalue weighted by Gasteiger charge is 2.40. The third-order valence-electron chi connectivity index (χ3n) is 3.86. The van der Waals surface area contributed by atoms with E-state index in [9.17, 15) is 9.59 Å². The maximum Gasteiger partial charge on any atom is 0.305 e. The van der Waals surface area contributed by atoms with Gasteiger partial charge in [0.25, 0.3) is 5.91 Å². The summed E-state index contributed by atoms with van der Waals surface area (Å²) in [5.41, 5.74) is 0.795. The van der Waals surface area contributed by atoms with Crippen molar-refractivity contribution in [3.05, 3.63) is 29.3 Å². The van der Waals surface area contributed by atoms with Gasteiger partial charge in [0, 0.05) is 5.56 Å². The van der Waals surface area contributed by atoms with Gasteiger partial charge in [-0.1, -0.05) is 0 Å². The average Bonchev–Trinajstić information content (AvgIpc) is 2.35. The molecule has 2 N–H and O–H groups in total. The Morgan fingerprint density at radius 2 is 2.10 bits per heavy atom. The number of carbonyl (C=O) groups is 2. The maximum atomic E-state index is 12.3. The zero-order valence-corrected chi connectivity index (χ0v) is 11.7. The van der Waals surface area contributed by atoms with Gasteiger partial charge in [-0.25, -0.2) is 0 Å². The fourth-order valence-corrected chi connectivity index (χ4v) is 2.57. The second-order valence-electron chi connectivity index (χ2n) is 5.34. The Morgan fingerprint density at radius 3 is 2.55 bits per heavy atom. The number of methoxy groups -OCH3 is 1. The molecule has 1 aliphatic rings. The molecule has 1 amide bonds. The lowest BCUT2D eigenvalue weighted by molar-refractivity contribution is -0.139. The van der Waals surface area contributed by atoms with Crippen molar-refractivity contribution in [3.8, 4) is 5.75 Å². The van der Waals surface area contributed by atoms with Crippen LogP contribution in [0, 0.1) is 6.92 Å². The highest BCUT2D eigenvalue weighted by molar-refractivity contribution is 5.96. The van der Waals surface area contributed by atoms with Crippen molar-refractivity contribution in [1.29, 1.82) is 0 Å². The number of carboxylic acid groups (broad SMARTS) is 1. The molecule has 0 bridgehead atoms. The molecule has 20 heavy (non-hydrogen) atoms. The number of carbonyl (C=O) groups excluding carboxylic acids is 1. The number of carboxylic acids is 1. The number of ether oxygens (including phenoxy) is 1. The first-order chi connectivity index (χ1) is 9.46. The third-order valence-corrected chi connectivity index (χ3v) is 3.86. The molecular weight excluding hydrogens is 258 g/mol. The molecule has 0 heterocycles. The van der Waals surface area contributed by atoms with Crippen LogP contribution in [0.5, 0.6) is 5.75 Å². The lowest BCUT2D eigenvalue weighted by Crippen LogP contribution is -2.54. The predicted molar refractivity (Wildman–Crippen MR) is 74.0 cm³/mol. The van der Waals surface area contributed by atoms with Gasteiger partial charge >= 0.3 is 5.97 Å². The van der Waals surface area contributed by atoms with Crippen LogP contribution in [-0.2, 0) is 4.79 Å². The van der Waals surface area contributed by atoms with E-state index in [4.69, 9.17) is 9.84 Å². The Labute approximate surface area is 117 Å². The smallest absolute Gasteiger partial charge is 0.305 e.